The lowest BCUT2D eigenvalue weighted by Gasteiger charge is -2.04. The third kappa shape index (κ3) is 3.42. The van der Waals surface area contributed by atoms with E-state index in [-0.39, 0.29) is 0 Å². The number of aliphatic imine (C=N–C) groups is 1. The number of nitrogens with one attached hydrogen (secondary N) is 1. The highest BCUT2D eigenvalue weighted by Crippen LogP contribution is 2.19. The van der Waals surface area contributed by atoms with Crippen LogP contribution in [0.1, 0.15) is 18.9 Å². The van der Waals surface area contributed by atoms with Gasteiger partial charge in [0.05, 0.1) is 12.0 Å². The second-order valence-electron chi connectivity index (χ2n) is 3.20. The molecule has 0 saturated heterocycles. The zero-order valence-electron chi connectivity index (χ0n) is 8.62. The molecule has 2 nitrogen and oxygen atoms in total. The topological polar surface area (TPSA) is 24.4 Å². The molecule has 0 fully saturated rings. The Labute approximate surface area is 90.9 Å². The monoisotopic (exact) mass is 208 g/mol. The van der Waals surface area contributed by atoms with Crippen molar-refractivity contribution in [1.82, 2.24) is 0 Å². The highest BCUT2D eigenvalue weighted by Gasteiger charge is 1.95. The van der Waals surface area contributed by atoms with Crippen LogP contribution in [-0.4, -0.2) is 12.9 Å². The molecule has 0 heterocycles. The first-order chi connectivity index (χ1) is 6.74. The lowest BCUT2D eigenvalue weighted by molar-refractivity contribution is 0.936. The van der Waals surface area contributed by atoms with Crippen LogP contribution in [0.5, 0.6) is 0 Å². The lowest BCUT2D eigenvalue weighted by atomic mass is 10.2. The van der Waals surface area contributed by atoms with Gasteiger partial charge in [-0.25, -0.2) is 0 Å². The molecule has 1 aromatic carbocycles. The summed E-state index contributed by atoms with van der Waals surface area (Å²) in [6, 6.07) is 6.09. The summed E-state index contributed by atoms with van der Waals surface area (Å²) < 4.78 is 0. The zero-order chi connectivity index (χ0) is 10.4. The van der Waals surface area contributed by atoms with Gasteiger partial charge in [-0.1, -0.05) is 13.0 Å². The fourth-order valence-corrected chi connectivity index (χ4v) is 1.42. The van der Waals surface area contributed by atoms with E-state index in [2.05, 4.69) is 42.9 Å². The maximum absolute atomic E-state index is 4.37. The number of aryl methyl sites for hydroxylation is 1. The molecule has 3 heteroatoms. The van der Waals surface area contributed by atoms with E-state index in [1.54, 1.807) is 6.34 Å². The van der Waals surface area contributed by atoms with E-state index < -0.39 is 0 Å². The van der Waals surface area contributed by atoms with E-state index in [0.29, 0.717) is 0 Å². The van der Waals surface area contributed by atoms with E-state index in [1.807, 2.05) is 12.1 Å². The molecule has 76 valence electrons. The highest BCUT2D eigenvalue weighted by atomic mass is 32.1. The minimum atomic E-state index is 0.862. The van der Waals surface area contributed by atoms with E-state index in [4.69, 9.17) is 0 Å². The summed E-state index contributed by atoms with van der Waals surface area (Å²) in [5, 5.41) is 3.11. The van der Waals surface area contributed by atoms with Crippen LogP contribution >= 0.6 is 12.6 Å². The third-order valence-corrected chi connectivity index (χ3v) is 2.19. The van der Waals surface area contributed by atoms with Gasteiger partial charge in [-0.15, -0.1) is 12.6 Å². The highest BCUT2D eigenvalue weighted by molar-refractivity contribution is 7.80. The Morgan fingerprint density at radius 2 is 2.29 bits per heavy atom. The summed E-state index contributed by atoms with van der Waals surface area (Å²) in [4.78, 5) is 5.13. The average molecular weight is 208 g/mol. The van der Waals surface area contributed by atoms with E-state index in [9.17, 15) is 0 Å². The van der Waals surface area contributed by atoms with Gasteiger partial charge in [-0.05, 0) is 31.0 Å². The van der Waals surface area contributed by atoms with Crippen LogP contribution in [-0.2, 0) is 0 Å². The van der Waals surface area contributed by atoms with Crippen LogP contribution in [0.25, 0.3) is 0 Å². The minimum Gasteiger partial charge on any atom is -0.346 e. The molecule has 0 aromatic heterocycles. The number of rotatable bonds is 4. The first kappa shape index (κ1) is 11.1. The van der Waals surface area contributed by atoms with Crippen molar-refractivity contribution in [2.45, 2.75) is 25.2 Å². The smallest absolute Gasteiger partial charge is 0.0868 e. The first-order valence-electron chi connectivity index (χ1n) is 4.78. The minimum absolute atomic E-state index is 0.862. The molecule has 0 aliphatic carbocycles. The molecule has 14 heavy (non-hydrogen) atoms. The van der Waals surface area contributed by atoms with Gasteiger partial charge in [0.15, 0.2) is 0 Å². The summed E-state index contributed by atoms with van der Waals surface area (Å²) in [5.74, 6) is 0. The molecular weight excluding hydrogens is 192 g/mol. The van der Waals surface area contributed by atoms with Gasteiger partial charge in [0.1, 0.15) is 0 Å². The summed E-state index contributed by atoms with van der Waals surface area (Å²) in [7, 11) is 0. The lowest BCUT2D eigenvalue weighted by Crippen LogP contribution is -1.96. The molecule has 0 aliphatic rings. The first-order valence-corrected chi connectivity index (χ1v) is 5.23. The van der Waals surface area contributed by atoms with E-state index >= 15 is 0 Å². The molecule has 0 aliphatic heterocycles. The molecule has 0 atom stereocenters. The molecule has 1 N–H and O–H groups in total. The van der Waals surface area contributed by atoms with Gasteiger partial charge in [0.25, 0.3) is 0 Å². The molecule has 0 amide bonds. The van der Waals surface area contributed by atoms with Gasteiger partial charge in [-0.3, -0.25) is 4.99 Å². The molecule has 0 saturated carbocycles. The van der Waals surface area contributed by atoms with Crippen LogP contribution in [0.3, 0.4) is 0 Å². The Morgan fingerprint density at radius 1 is 1.50 bits per heavy atom. The summed E-state index contributed by atoms with van der Waals surface area (Å²) >= 11 is 4.37. The number of thiol groups is 1. The number of nitrogens with zero attached hydrogens (tertiary/aromatic N) is 1. The second-order valence-corrected chi connectivity index (χ2v) is 3.68. The zero-order valence-corrected chi connectivity index (χ0v) is 9.51. The molecule has 1 rings (SSSR count). The van der Waals surface area contributed by atoms with Crippen LogP contribution in [0.4, 0.5) is 5.69 Å². The Hall–Kier alpha value is -0.960. The van der Waals surface area contributed by atoms with E-state index in [1.165, 1.54) is 5.56 Å². The van der Waals surface area contributed by atoms with Crippen molar-refractivity contribution in [3.63, 3.8) is 0 Å². The van der Waals surface area contributed by atoms with Crippen molar-refractivity contribution >= 4 is 24.7 Å². The van der Waals surface area contributed by atoms with Crippen molar-refractivity contribution in [1.29, 1.82) is 0 Å². The second kappa shape index (κ2) is 5.70. The molecular formula is C11H16N2S. The average Bonchev–Trinajstić information content (AvgIpc) is 2.15. The van der Waals surface area contributed by atoms with Crippen molar-refractivity contribution in [3.05, 3.63) is 23.8 Å². The molecule has 0 spiro atoms. The standard InChI is InChI=1S/C11H16N2S/c1-3-6-12-8-13-10-5-4-9(2)7-11(10)14/h4-5,7-8,14H,3,6H2,1-2H3,(H,12,13). The molecule has 0 radical (unpaired) electrons. The number of hydrogen-bond donors (Lipinski definition) is 2. The quantitative estimate of drug-likeness (QED) is 0.443. The van der Waals surface area contributed by atoms with Crippen LogP contribution < -0.4 is 5.32 Å². The van der Waals surface area contributed by atoms with E-state index in [0.717, 1.165) is 23.5 Å². The number of hydrogen-bond acceptors (Lipinski definition) is 2. The number of anilines is 1. The molecule has 0 bridgehead atoms. The number of benzene rings is 1. The SMILES string of the molecule is CCCN=CNc1ccc(C)cc1S. The van der Waals surface area contributed by atoms with Crippen molar-refractivity contribution < 1.29 is 0 Å². The Bertz CT molecular complexity index is 321. The maximum atomic E-state index is 4.37. The maximum Gasteiger partial charge on any atom is 0.0868 e. The van der Waals surface area contributed by atoms with Crippen LogP contribution in [0, 0.1) is 6.92 Å². The van der Waals surface area contributed by atoms with Crippen molar-refractivity contribution in [2.24, 2.45) is 4.99 Å². The van der Waals surface area contributed by atoms with Crippen molar-refractivity contribution in [3.8, 4) is 0 Å². The van der Waals surface area contributed by atoms with Crippen LogP contribution in [0.2, 0.25) is 0 Å². The van der Waals surface area contributed by atoms with Crippen molar-refractivity contribution in [2.75, 3.05) is 11.9 Å². The van der Waals surface area contributed by atoms with Gasteiger partial charge in [0, 0.05) is 11.4 Å². The Morgan fingerprint density at radius 3 is 2.93 bits per heavy atom. The van der Waals surface area contributed by atoms with Gasteiger partial charge in [-0.2, -0.15) is 0 Å². The summed E-state index contributed by atoms with van der Waals surface area (Å²) in [6.07, 6.45) is 2.80. The fraction of sp³-hybridized carbons (Fsp3) is 0.364. The molecule has 1 aromatic rings. The summed E-state index contributed by atoms with van der Waals surface area (Å²) in [5.41, 5.74) is 2.21. The fourth-order valence-electron chi connectivity index (χ4n) is 1.07. The van der Waals surface area contributed by atoms with Gasteiger partial charge >= 0.3 is 0 Å². The molecule has 0 unspecified atom stereocenters. The van der Waals surface area contributed by atoms with Gasteiger partial charge < -0.3 is 5.32 Å². The predicted molar refractivity (Wildman–Crippen MR) is 65.7 cm³/mol. The van der Waals surface area contributed by atoms with Gasteiger partial charge in [0.2, 0.25) is 0 Å². The van der Waals surface area contributed by atoms with Crippen LogP contribution in [0.15, 0.2) is 28.1 Å². The third-order valence-electron chi connectivity index (χ3n) is 1.82. The summed E-state index contributed by atoms with van der Waals surface area (Å²) in [6.45, 7) is 5.02. The normalized spacial score (nSPS) is 10.8. The Kier molecular flexibility index (Phi) is 4.53. The predicted octanol–water partition coefficient (Wildman–Crippen LogP) is 3.13. The Balaban J connectivity index is 2.59. The largest absolute Gasteiger partial charge is 0.346 e.